The van der Waals surface area contributed by atoms with Crippen LogP contribution in [0.1, 0.15) is 26.0 Å². The minimum absolute atomic E-state index is 0.855. The first-order chi connectivity index (χ1) is 8.85. The standard InChI is InChI=1S/C15H19N3/c1-3-10-16-15-11-13(14(4-2)17-18-15)12-8-6-5-7-9-12/h5-9,11H,3-4,10H2,1-2H3,(H,16,18). The fourth-order valence-electron chi connectivity index (χ4n) is 1.89. The maximum atomic E-state index is 4.31. The number of aryl methyl sites for hydroxylation is 1. The Morgan fingerprint density at radius 3 is 2.50 bits per heavy atom. The summed E-state index contributed by atoms with van der Waals surface area (Å²) >= 11 is 0. The predicted molar refractivity (Wildman–Crippen MR) is 75.6 cm³/mol. The van der Waals surface area contributed by atoms with Crippen LogP contribution in [-0.4, -0.2) is 16.7 Å². The third-order valence-electron chi connectivity index (χ3n) is 2.85. The molecule has 2 rings (SSSR count). The summed E-state index contributed by atoms with van der Waals surface area (Å²) in [7, 11) is 0. The molecule has 0 amide bonds. The van der Waals surface area contributed by atoms with E-state index in [0.717, 1.165) is 30.9 Å². The average molecular weight is 241 g/mol. The Kier molecular flexibility index (Phi) is 4.29. The number of hydrogen-bond acceptors (Lipinski definition) is 3. The van der Waals surface area contributed by atoms with E-state index in [4.69, 9.17) is 0 Å². The van der Waals surface area contributed by atoms with Gasteiger partial charge in [0.25, 0.3) is 0 Å². The van der Waals surface area contributed by atoms with Crippen LogP contribution in [0.2, 0.25) is 0 Å². The van der Waals surface area contributed by atoms with E-state index in [1.807, 2.05) is 18.2 Å². The monoisotopic (exact) mass is 241 g/mol. The second-order valence-corrected chi connectivity index (χ2v) is 4.24. The van der Waals surface area contributed by atoms with E-state index in [9.17, 15) is 0 Å². The Morgan fingerprint density at radius 2 is 1.83 bits per heavy atom. The quantitative estimate of drug-likeness (QED) is 0.870. The van der Waals surface area contributed by atoms with Crippen LogP contribution in [0.15, 0.2) is 36.4 Å². The van der Waals surface area contributed by atoms with Gasteiger partial charge in [-0.2, -0.15) is 5.10 Å². The first-order valence-electron chi connectivity index (χ1n) is 6.51. The zero-order valence-electron chi connectivity index (χ0n) is 11.0. The molecule has 0 aliphatic rings. The normalized spacial score (nSPS) is 10.3. The zero-order valence-corrected chi connectivity index (χ0v) is 11.0. The van der Waals surface area contributed by atoms with Gasteiger partial charge in [0, 0.05) is 12.1 Å². The van der Waals surface area contributed by atoms with Crippen molar-refractivity contribution in [2.45, 2.75) is 26.7 Å². The minimum atomic E-state index is 0.855. The van der Waals surface area contributed by atoms with Crippen LogP contribution in [0.3, 0.4) is 0 Å². The van der Waals surface area contributed by atoms with Crippen molar-refractivity contribution in [2.75, 3.05) is 11.9 Å². The van der Waals surface area contributed by atoms with Gasteiger partial charge >= 0.3 is 0 Å². The fraction of sp³-hybridized carbons (Fsp3) is 0.333. The van der Waals surface area contributed by atoms with E-state index >= 15 is 0 Å². The molecule has 0 unspecified atom stereocenters. The number of anilines is 1. The summed E-state index contributed by atoms with van der Waals surface area (Å²) in [6.45, 7) is 5.17. The first kappa shape index (κ1) is 12.6. The van der Waals surface area contributed by atoms with Gasteiger partial charge in [0.2, 0.25) is 0 Å². The van der Waals surface area contributed by atoms with Gasteiger partial charge in [0.1, 0.15) is 5.82 Å². The van der Waals surface area contributed by atoms with Crippen molar-refractivity contribution in [1.29, 1.82) is 0 Å². The molecule has 3 heteroatoms. The molecule has 3 nitrogen and oxygen atoms in total. The molecule has 1 aromatic heterocycles. The maximum Gasteiger partial charge on any atom is 0.149 e. The van der Waals surface area contributed by atoms with E-state index < -0.39 is 0 Å². The van der Waals surface area contributed by atoms with Gasteiger partial charge in [-0.3, -0.25) is 0 Å². The van der Waals surface area contributed by atoms with Crippen LogP contribution in [0.4, 0.5) is 5.82 Å². The van der Waals surface area contributed by atoms with Gasteiger partial charge < -0.3 is 5.32 Å². The van der Waals surface area contributed by atoms with Crippen molar-refractivity contribution in [1.82, 2.24) is 10.2 Å². The van der Waals surface area contributed by atoms with Crippen LogP contribution in [0.5, 0.6) is 0 Å². The van der Waals surface area contributed by atoms with Crippen molar-refractivity contribution in [2.24, 2.45) is 0 Å². The Morgan fingerprint density at radius 1 is 1.06 bits per heavy atom. The van der Waals surface area contributed by atoms with Gasteiger partial charge in [-0.15, -0.1) is 5.10 Å². The Balaban J connectivity index is 2.37. The van der Waals surface area contributed by atoms with Gasteiger partial charge in [-0.25, -0.2) is 0 Å². The molecule has 94 valence electrons. The SMILES string of the molecule is CCCNc1cc(-c2ccccc2)c(CC)nn1. The second kappa shape index (κ2) is 6.15. The Bertz CT molecular complexity index is 494. The molecular weight excluding hydrogens is 222 g/mol. The molecule has 0 fully saturated rings. The lowest BCUT2D eigenvalue weighted by Gasteiger charge is -2.09. The predicted octanol–water partition coefficient (Wildman–Crippen LogP) is 3.53. The molecule has 2 aromatic rings. The third-order valence-corrected chi connectivity index (χ3v) is 2.85. The number of aromatic nitrogens is 2. The lowest BCUT2D eigenvalue weighted by Crippen LogP contribution is -2.05. The largest absolute Gasteiger partial charge is 0.369 e. The molecule has 0 radical (unpaired) electrons. The maximum absolute atomic E-state index is 4.31. The van der Waals surface area contributed by atoms with Crippen molar-refractivity contribution >= 4 is 5.82 Å². The van der Waals surface area contributed by atoms with Gasteiger partial charge in [0.15, 0.2) is 0 Å². The molecule has 0 aliphatic heterocycles. The molecule has 0 atom stereocenters. The molecule has 0 saturated heterocycles. The molecule has 18 heavy (non-hydrogen) atoms. The molecule has 0 saturated carbocycles. The van der Waals surface area contributed by atoms with E-state index in [-0.39, 0.29) is 0 Å². The number of rotatable bonds is 5. The molecular formula is C15H19N3. The molecule has 1 aromatic carbocycles. The lowest BCUT2D eigenvalue weighted by atomic mass is 10.0. The first-order valence-corrected chi connectivity index (χ1v) is 6.51. The molecule has 1 heterocycles. The minimum Gasteiger partial charge on any atom is -0.369 e. The Labute approximate surface area is 108 Å². The second-order valence-electron chi connectivity index (χ2n) is 4.24. The van der Waals surface area contributed by atoms with E-state index in [2.05, 4.69) is 47.6 Å². The van der Waals surface area contributed by atoms with Crippen LogP contribution in [0, 0.1) is 0 Å². The van der Waals surface area contributed by atoms with E-state index in [1.54, 1.807) is 0 Å². The van der Waals surface area contributed by atoms with Crippen molar-refractivity contribution in [3.63, 3.8) is 0 Å². The van der Waals surface area contributed by atoms with Crippen LogP contribution >= 0.6 is 0 Å². The van der Waals surface area contributed by atoms with Crippen LogP contribution in [-0.2, 0) is 6.42 Å². The van der Waals surface area contributed by atoms with E-state index in [1.165, 1.54) is 11.1 Å². The topological polar surface area (TPSA) is 37.8 Å². The summed E-state index contributed by atoms with van der Waals surface area (Å²) in [5.74, 6) is 0.855. The highest BCUT2D eigenvalue weighted by Gasteiger charge is 2.07. The number of nitrogens with zero attached hydrogens (tertiary/aromatic N) is 2. The highest BCUT2D eigenvalue weighted by molar-refractivity contribution is 5.68. The van der Waals surface area contributed by atoms with E-state index in [0.29, 0.717) is 0 Å². The number of hydrogen-bond donors (Lipinski definition) is 1. The summed E-state index contributed by atoms with van der Waals surface area (Å²) < 4.78 is 0. The van der Waals surface area contributed by atoms with Crippen molar-refractivity contribution in [3.05, 3.63) is 42.1 Å². The summed E-state index contributed by atoms with van der Waals surface area (Å²) in [4.78, 5) is 0. The van der Waals surface area contributed by atoms with Crippen molar-refractivity contribution < 1.29 is 0 Å². The number of nitrogens with one attached hydrogen (secondary N) is 1. The summed E-state index contributed by atoms with van der Waals surface area (Å²) in [6.07, 6.45) is 1.98. The molecule has 0 bridgehead atoms. The van der Waals surface area contributed by atoms with Crippen LogP contribution < -0.4 is 5.32 Å². The third kappa shape index (κ3) is 2.86. The zero-order chi connectivity index (χ0) is 12.8. The van der Waals surface area contributed by atoms with Gasteiger partial charge in [-0.05, 0) is 24.5 Å². The van der Waals surface area contributed by atoms with Gasteiger partial charge in [-0.1, -0.05) is 44.2 Å². The average Bonchev–Trinajstić information content (AvgIpc) is 2.45. The molecule has 1 N–H and O–H groups in total. The van der Waals surface area contributed by atoms with Crippen molar-refractivity contribution in [3.8, 4) is 11.1 Å². The fourth-order valence-corrected chi connectivity index (χ4v) is 1.89. The van der Waals surface area contributed by atoms with Crippen LogP contribution in [0.25, 0.3) is 11.1 Å². The molecule has 0 spiro atoms. The summed E-state index contributed by atoms with van der Waals surface area (Å²) in [6, 6.07) is 12.4. The summed E-state index contributed by atoms with van der Waals surface area (Å²) in [5, 5.41) is 11.8. The number of benzene rings is 1. The van der Waals surface area contributed by atoms with Gasteiger partial charge in [0.05, 0.1) is 5.69 Å². The Hall–Kier alpha value is -1.90. The summed E-state index contributed by atoms with van der Waals surface area (Å²) in [5.41, 5.74) is 3.42. The highest BCUT2D eigenvalue weighted by atomic mass is 15.2. The lowest BCUT2D eigenvalue weighted by molar-refractivity contribution is 0.902. The highest BCUT2D eigenvalue weighted by Crippen LogP contribution is 2.24. The molecule has 0 aliphatic carbocycles. The smallest absolute Gasteiger partial charge is 0.149 e.